The Morgan fingerprint density at radius 1 is 0.963 bits per heavy atom. The van der Waals surface area contributed by atoms with E-state index >= 15 is 0 Å². The van der Waals surface area contributed by atoms with Crippen LogP contribution in [0.5, 0.6) is 0 Å². The van der Waals surface area contributed by atoms with E-state index in [1.165, 1.54) is 5.56 Å². The van der Waals surface area contributed by atoms with Crippen molar-refractivity contribution in [1.82, 2.24) is 4.98 Å². The molecule has 1 heterocycles. The highest BCUT2D eigenvalue weighted by atomic mass is 35.5. The number of nitrogens with zero attached hydrogens (tertiary/aromatic N) is 2. The number of aromatic nitrogens is 2. The Morgan fingerprint density at radius 2 is 1.70 bits per heavy atom. The van der Waals surface area contributed by atoms with Crippen LogP contribution >= 0.6 is 0 Å². The maximum Gasteiger partial charge on any atom is 0.240 e. The molecule has 0 spiro atoms. The molecule has 4 rings (SSSR count). The number of nitrogens with one attached hydrogen (secondary N) is 1. The van der Waals surface area contributed by atoms with Crippen LogP contribution in [0, 0.1) is 0 Å². The zero-order valence-electron chi connectivity index (χ0n) is 15.5. The molecule has 3 aromatic carbocycles. The number of halogens is 1. The van der Waals surface area contributed by atoms with E-state index in [0.717, 1.165) is 52.1 Å². The number of aromatic amines is 1. The molecule has 27 heavy (non-hydrogen) atoms. The van der Waals surface area contributed by atoms with E-state index < -0.39 is 0 Å². The molecule has 0 radical (unpaired) electrons. The Morgan fingerprint density at radius 3 is 2.41 bits per heavy atom. The van der Waals surface area contributed by atoms with Gasteiger partial charge in [-0.1, -0.05) is 30.3 Å². The fourth-order valence-corrected chi connectivity index (χ4v) is 3.50. The maximum absolute atomic E-state index is 5.97. The molecule has 138 valence electrons. The number of anilines is 2. The molecule has 0 saturated carbocycles. The zero-order valence-corrected chi connectivity index (χ0v) is 16.3. The van der Waals surface area contributed by atoms with Crippen LogP contribution in [0.15, 0.2) is 60.7 Å². The summed E-state index contributed by atoms with van der Waals surface area (Å²) in [5, 5.41) is 0. The van der Waals surface area contributed by atoms with Gasteiger partial charge in [-0.25, -0.2) is 9.97 Å². The van der Waals surface area contributed by atoms with Crippen molar-refractivity contribution in [2.75, 3.05) is 23.7 Å². The standard InChI is InChI=1S/C22H22N4.ClH/c1-3-26(4-2)20-13-11-17(15-8-6-5-7-9-15)21-22(20)25-19-14-16(23)10-12-18(19)24-21;/h5-14H,3-4,23H2,1-2H3;1H. The summed E-state index contributed by atoms with van der Waals surface area (Å²) < 4.78 is 0. The van der Waals surface area contributed by atoms with Gasteiger partial charge in [-0.05, 0) is 43.7 Å². The number of fused-ring (bicyclic) bond motifs is 2. The van der Waals surface area contributed by atoms with Crippen LogP contribution < -0.4 is 28.0 Å². The van der Waals surface area contributed by atoms with Gasteiger partial charge in [0.2, 0.25) is 11.0 Å². The monoisotopic (exact) mass is 378 g/mol. The Labute approximate surface area is 165 Å². The van der Waals surface area contributed by atoms with E-state index in [2.05, 4.69) is 60.1 Å². The Hall–Kier alpha value is -2.85. The third-order valence-electron chi connectivity index (χ3n) is 4.86. The van der Waals surface area contributed by atoms with Crippen LogP contribution in [0.1, 0.15) is 13.8 Å². The fraction of sp³-hybridized carbons (Fsp3) is 0.182. The summed E-state index contributed by atoms with van der Waals surface area (Å²) >= 11 is 0. The van der Waals surface area contributed by atoms with Crippen molar-refractivity contribution in [3.05, 3.63) is 60.7 Å². The second kappa shape index (κ2) is 7.80. The van der Waals surface area contributed by atoms with Crippen LogP contribution in [-0.2, 0) is 0 Å². The number of H-pyrrole nitrogens is 1. The minimum atomic E-state index is 0. The van der Waals surface area contributed by atoms with E-state index in [1.807, 2.05) is 24.3 Å². The summed E-state index contributed by atoms with van der Waals surface area (Å²) in [6.45, 7) is 6.21. The van der Waals surface area contributed by atoms with Gasteiger partial charge in [0.05, 0.1) is 11.3 Å². The van der Waals surface area contributed by atoms with Crippen molar-refractivity contribution >= 4 is 33.4 Å². The van der Waals surface area contributed by atoms with Gasteiger partial charge >= 0.3 is 0 Å². The highest BCUT2D eigenvalue weighted by Crippen LogP contribution is 2.32. The molecule has 3 N–H and O–H groups in total. The van der Waals surface area contributed by atoms with Crippen molar-refractivity contribution < 1.29 is 17.4 Å². The molecular weight excluding hydrogens is 356 g/mol. The Kier molecular flexibility index (Phi) is 5.47. The Balaban J connectivity index is 0.00000210. The first-order chi connectivity index (χ1) is 12.7. The van der Waals surface area contributed by atoms with Gasteiger partial charge in [-0.2, -0.15) is 0 Å². The van der Waals surface area contributed by atoms with E-state index in [4.69, 9.17) is 10.7 Å². The minimum absolute atomic E-state index is 0. The summed E-state index contributed by atoms with van der Waals surface area (Å²) in [7, 11) is 0. The quantitative estimate of drug-likeness (QED) is 0.430. The molecule has 0 saturated heterocycles. The highest BCUT2D eigenvalue weighted by molar-refractivity contribution is 5.99. The third kappa shape index (κ3) is 3.40. The predicted octanol–water partition coefficient (Wildman–Crippen LogP) is 1.30. The molecule has 0 unspecified atom stereocenters. The molecule has 0 atom stereocenters. The molecule has 0 aliphatic rings. The average molecular weight is 379 g/mol. The van der Waals surface area contributed by atoms with Crippen molar-refractivity contribution in [1.29, 1.82) is 0 Å². The van der Waals surface area contributed by atoms with Gasteiger partial charge in [-0.3, -0.25) is 0 Å². The van der Waals surface area contributed by atoms with Crippen LogP contribution in [0.3, 0.4) is 0 Å². The average Bonchev–Trinajstić information content (AvgIpc) is 2.68. The second-order valence-corrected chi connectivity index (χ2v) is 6.41. The van der Waals surface area contributed by atoms with E-state index in [-0.39, 0.29) is 12.4 Å². The first-order valence-corrected chi connectivity index (χ1v) is 9.07. The largest absolute Gasteiger partial charge is 1.00 e. The molecule has 4 aromatic rings. The highest BCUT2D eigenvalue weighted by Gasteiger charge is 2.19. The molecular formula is C22H23ClN4. The topological polar surface area (TPSA) is 56.3 Å². The van der Waals surface area contributed by atoms with Crippen LogP contribution in [0.25, 0.3) is 33.2 Å². The van der Waals surface area contributed by atoms with E-state index in [9.17, 15) is 0 Å². The van der Waals surface area contributed by atoms with Crippen molar-refractivity contribution in [2.45, 2.75) is 13.8 Å². The van der Waals surface area contributed by atoms with E-state index in [1.54, 1.807) is 0 Å². The molecule has 0 amide bonds. The molecule has 4 nitrogen and oxygen atoms in total. The lowest BCUT2D eigenvalue weighted by Crippen LogP contribution is -3.00. The first-order valence-electron chi connectivity index (χ1n) is 9.07. The molecule has 0 aliphatic heterocycles. The lowest BCUT2D eigenvalue weighted by atomic mass is 10.0. The van der Waals surface area contributed by atoms with E-state index in [0.29, 0.717) is 0 Å². The SMILES string of the molecule is CCN(CC)c1ccc(-c2ccccc2)c2[nH+]c3ccc(N)cc3nc12.[Cl-]. The van der Waals surface area contributed by atoms with Crippen molar-refractivity contribution in [3.63, 3.8) is 0 Å². The fourth-order valence-electron chi connectivity index (χ4n) is 3.50. The van der Waals surface area contributed by atoms with Gasteiger partial charge in [0.25, 0.3) is 0 Å². The smallest absolute Gasteiger partial charge is 0.240 e. The molecule has 5 heteroatoms. The minimum Gasteiger partial charge on any atom is -1.00 e. The summed E-state index contributed by atoms with van der Waals surface area (Å²) in [6.07, 6.45) is 0. The van der Waals surface area contributed by atoms with Crippen molar-refractivity contribution in [3.8, 4) is 11.1 Å². The summed E-state index contributed by atoms with van der Waals surface area (Å²) in [5.74, 6) is 0. The number of hydrogen-bond donors (Lipinski definition) is 1. The molecule has 1 aromatic heterocycles. The second-order valence-electron chi connectivity index (χ2n) is 6.41. The number of rotatable bonds is 4. The summed E-state index contributed by atoms with van der Waals surface area (Å²) in [4.78, 5) is 10.9. The number of nitrogen functional groups attached to an aromatic ring is 1. The van der Waals surface area contributed by atoms with Gasteiger partial charge < -0.3 is 23.0 Å². The van der Waals surface area contributed by atoms with Crippen LogP contribution in [-0.4, -0.2) is 18.1 Å². The van der Waals surface area contributed by atoms with Gasteiger partial charge in [-0.15, -0.1) is 0 Å². The van der Waals surface area contributed by atoms with Crippen molar-refractivity contribution in [2.24, 2.45) is 0 Å². The van der Waals surface area contributed by atoms with Crippen LogP contribution in [0.2, 0.25) is 0 Å². The number of benzene rings is 3. The van der Waals surface area contributed by atoms with Gasteiger partial charge in [0.15, 0.2) is 5.52 Å². The molecule has 0 bridgehead atoms. The lowest BCUT2D eigenvalue weighted by molar-refractivity contribution is -0.310. The maximum atomic E-state index is 5.97. The number of hydrogen-bond acceptors (Lipinski definition) is 3. The number of nitrogens with two attached hydrogens (primary N) is 1. The first kappa shape index (κ1) is 18.9. The van der Waals surface area contributed by atoms with Gasteiger partial charge in [0, 0.05) is 24.8 Å². The summed E-state index contributed by atoms with van der Waals surface area (Å²) in [6, 6.07) is 20.6. The Bertz CT molecular complexity index is 1080. The van der Waals surface area contributed by atoms with Gasteiger partial charge in [0.1, 0.15) is 5.52 Å². The molecule has 0 aliphatic carbocycles. The lowest BCUT2D eigenvalue weighted by Gasteiger charge is -2.22. The molecule has 0 fully saturated rings. The van der Waals surface area contributed by atoms with Crippen LogP contribution in [0.4, 0.5) is 11.4 Å². The third-order valence-corrected chi connectivity index (χ3v) is 4.86. The normalized spacial score (nSPS) is 10.7. The predicted molar refractivity (Wildman–Crippen MR) is 109 cm³/mol. The zero-order chi connectivity index (χ0) is 18.1. The summed E-state index contributed by atoms with van der Waals surface area (Å²) in [5.41, 5.74) is 14.1.